The number of ether oxygens (including phenoxy) is 1. The van der Waals surface area contributed by atoms with E-state index in [-0.39, 0.29) is 22.5 Å². The van der Waals surface area contributed by atoms with E-state index >= 15 is 0 Å². The molecule has 0 saturated heterocycles. The zero-order valence-electron chi connectivity index (χ0n) is 14.2. The normalized spacial score (nSPS) is 11.0. The maximum atomic E-state index is 12.5. The van der Waals surface area contributed by atoms with Gasteiger partial charge in [0, 0.05) is 6.07 Å². The first-order valence-electron chi connectivity index (χ1n) is 7.94. The first-order chi connectivity index (χ1) is 11.8. The summed E-state index contributed by atoms with van der Waals surface area (Å²) in [5.74, 6) is -0.0626. The number of hydrogen-bond donors (Lipinski definition) is 1. The third kappa shape index (κ3) is 3.40. The zero-order valence-corrected chi connectivity index (χ0v) is 14.2. The molecule has 3 rings (SSSR count). The predicted molar refractivity (Wildman–Crippen MR) is 95.4 cm³/mol. The van der Waals surface area contributed by atoms with Crippen molar-refractivity contribution < 1.29 is 19.1 Å². The zero-order chi connectivity index (χ0) is 18.1. The van der Waals surface area contributed by atoms with Gasteiger partial charge in [0.05, 0.1) is 22.6 Å². The summed E-state index contributed by atoms with van der Waals surface area (Å²) in [5.41, 5.74) is 1.81. The van der Waals surface area contributed by atoms with Crippen molar-refractivity contribution in [2.75, 3.05) is 0 Å². The number of aromatic carboxylic acids is 1. The summed E-state index contributed by atoms with van der Waals surface area (Å²) in [7, 11) is 0. The molecule has 25 heavy (non-hydrogen) atoms. The molecule has 0 aliphatic rings. The van der Waals surface area contributed by atoms with Gasteiger partial charge in [-0.15, -0.1) is 0 Å². The quantitative estimate of drug-likeness (QED) is 0.769. The fourth-order valence-electron chi connectivity index (χ4n) is 2.61. The van der Waals surface area contributed by atoms with Crippen molar-refractivity contribution in [2.24, 2.45) is 0 Å². The van der Waals surface area contributed by atoms with Crippen molar-refractivity contribution in [1.82, 2.24) is 0 Å². The molecule has 2 aromatic carbocycles. The Bertz CT molecular complexity index is 1010. The third-order valence-corrected chi connectivity index (χ3v) is 3.74. The minimum Gasteiger partial charge on any atom is -0.490 e. The van der Waals surface area contributed by atoms with Crippen LogP contribution in [0.15, 0.2) is 51.7 Å². The van der Waals surface area contributed by atoms with Crippen LogP contribution in [0.4, 0.5) is 0 Å². The van der Waals surface area contributed by atoms with Gasteiger partial charge in [0.25, 0.3) is 0 Å². The first kappa shape index (κ1) is 16.8. The van der Waals surface area contributed by atoms with Gasteiger partial charge in [-0.05, 0) is 56.7 Å². The largest absolute Gasteiger partial charge is 0.490 e. The molecule has 0 atom stereocenters. The number of aryl methyl sites for hydroxylation is 1. The van der Waals surface area contributed by atoms with E-state index in [0.717, 1.165) is 5.56 Å². The van der Waals surface area contributed by atoms with Crippen LogP contribution in [0.3, 0.4) is 0 Å². The van der Waals surface area contributed by atoms with Gasteiger partial charge in [-0.2, -0.15) is 0 Å². The lowest BCUT2D eigenvalue weighted by Crippen LogP contribution is -2.07. The lowest BCUT2D eigenvalue weighted by atomic mass is 10.1. The van der Waals surface area contributed by atoms with E-state index in [2.05, 4.69) is 0 Å². The van der Waals surface area contributed by atoms with Gasteiger partial charge in [-0.1, -0.05) is 6.07 Å². The number of carbonyl (C=O) groups is 1. The van der Waals surface area contributed by atoms with Crippen molar-refractivity contribution in [3.8, 4) is 17.1 Å². The Hall–Kier alpha value is -3.08. The highest BCUT2D eigenvalue weighted by molar-refractivity contribution is 5.93. The van der Waals surface area contributed by atoms with E-state index in [1.807, 2.05) is 39.0 Å². The molecule has 5 nitrogen and oxygen atoms in total. The summed E-state index contributed by atoms with van der Waals surface area (Å²) in [6.07, 6.45) is -0.0224. The highest BCUT2D eigenvalue weighted by Crippen LogP contribution is 2.32. The Labute approximate surface area is 144 Å². The maximum absolute atomic E-state index is 12.5. The molecule has 3 aromatic rings. The topological polar surface area (TPSA) is 76.7 Å². The van der Waals surface area contributed by atoms with E-state index < -0.39 is 5.97 Å². The number of fused-ring (bicyclic) bond motifs is 1. The molecule has 0 spiro atoms. The number of hydrogen-bond acceptors (Lipinski definition) is 4. The van der Waals surface area contributed by atoms with E-state index in [1.54, 1.807) is 0 Å². The average molecular weight is 338 g/mol. The lowest BCUT2D eigenvalue weighted by molar-refractivity contribution is 0.0697. The van der Waals surface area contributed by atoms with E-state index in [4.69, 9.17) is 14.3 Å². The minimum atomic E-state index is -1.09. The molecule has 0 radical (unpaired) electrons. The van der Waals surface area contributed by atoms with Gasteiger partial charge in [0.1, 0.15) is 17.1 Å². The number of benzene rings is 2. The molecule has 0 aliphatic carbocycles. The van der Waals surface area contributed by atoms with Crippen molar-refractivity contribution in [3.05, 3.63) is 63.8 Å². The van der Waals surface area contributed by atoms with Crippen molar-refractivity contribution in [2.45, 2.75) is 26.9 Å². The highest BCUT2D eigenvalue weighted by Gasteiger charge is 2.14. The molecule has 1 heterocycles. The monoisotopic (exact) mass is 338 g/mol. The summed E-state index contributed by atoms with van der Waals surface area (Å²) in [6.45, 7) is 5.81. The second kappa shape index (κ2) is 6.43. The molecule has 0 amide bonds. The Morgan fingerprint density at radius 1 is 1.12 bits per heavy atom. The smallest absolute Gasteiger partial charge is 0.335 e. The second-order valence-corrected chi connectivity index (χ2v) is 6.16. The van der Waals surface area contributed by atoms with Gasteiger partial charge in [0.2, 0.25) is 0 Å². The van der Waals surface area contributed by atoms with Crippen LogP contribution >= 0.6 is 0 Å². The van der Waals surface area contributed by atoms with Crippen LogP contribution in [0.25, 0.3) is 22.3 Å². The van der Waals surface area contributed by atoms with Crippen LogP contribution < -0.4 is 10.2 Å². The Kier molecular flexibility index (Phi) is 4.31. The Morgan fingerprint density at radius 2 is 1.88 bits per heavy atom. The molecule has 128 valence electrons. The summed E-state index contributed by atoms with van der Waals surface area (Å²) in [5, 5.41) is 9.30. The van der Waals surface area contributed by atoms with Crippen molar-refractivity contribution >= 4 is 16.9 Å². The van der Waals surface area contributed by atoms with Gasteiger partial charge >= 0.3 is 5.97 Å². The molecule has 1 aromatic heterocycles. The highest BCUT2D eigenvalue weighted by atomic mass is 16.5. The maximum Gasteiger partial charge on any atom is 0.335 e. The lowest BCUT2D eigenvalue weighted by Gasteiger charge is -2.15. The fraction of sp³-hybridized carbons (Fsp3) is 0.200. The predicted octanol–water partition coefficient (Wildman–Crippen LogP) is 4.25. The Balaban J connectivity index is 2.19. The van der Waals surface area contributed by atoms with Crippen LogP contribution in [0.2, 0.25) is 0 Å². The molecule has 0 saturated carbocycles. The van der Waals surface area contributed by atoms with Crippen molar-refractivity contribution in [1.29, 1.82) is 0 Å². The summed E-state index contributed by atoms with van der Waals surface area (Å²) >= 11 is 0. The summed E-state index contributed by atoms with van der Waals surface area (Å²) in [4.78, 5) is 23.5. The van der Waals surface area contributed by atoms with Crippen LogP contribution in [-0.2, 0) is 0 Å². The number of carboxylic acids is 1. The minimum absolute atomic E-state index is 0.0224. The molecular weight excluding hydrogens is 320 g/mol. The molecule has 0 unspecified atom stereocenters. The molecule has 0 aliphatic heterocycles. The van der Waals surface area contributed by atoms with Crippen LogP contribution in [0.1, 0.15) is 29.8 Å². The van der Waals surface area contributed by atoms with E-state index in [1.165, 1.54) is 24.3 Å². The molecular formula is C20H18O5. The van der Waals surface area contributed by atoms with Crippen LogP contribution in [0, 0.1) is 6.92 Å². The van der Waals surface area contributed by atoms with E-state index in [0.29, 0.717) is 22.7 Å². The van der Waals surface area contributed by atoms with Crippen LogP contribution in [-0.4, -0.2) is 17.2 Å². The first-order valence-corrected chi connectivity index (χ1v) is 7.94. The third-order valence-electron chi connectivity index (χ3n) is 3.74. The van der Waals surface area contributed by atoms with Crippen molar-refractivity contribution in [3.63, 3.8) is 0 Å². The standard InChI is InChI=1S/C20H18O5/c1-11(2)24-18-8-12(3)4-6-14(18)19-10-16(21)15-9-13(20(22)23)5-7-17(15)25-19/h4-11H,1-3H3,(H,22,23). The van der Waals surface area contributed by atoms with Gasteiger partial charge in [-0.3, -0.25) is 4.79 Å². The fourth-order valence-corrected chi connectivity index (χ4v) is 2.61. The number of carboxylic acid groups (broad SMARTS) is 1. The average Bonchev–Trinajstić information content (AvgIpc) is 2.54. The number of rotatable bonds is 4. The molecule has 0 bridgehead atoms. The van der Waals surface area contributed by atoms with Crippen LogP contribution in [0.5, 0.6) is 5.75 Å². The Morgan fingerprint density at radius 3 is 2.56 bits per heavy atom. The van der Waals surface area contributed by atoms with Gasteiger partial charge < -0.3 is 14.3 Å². The molecule has 0 fully saturated rings. The van der Waals surface area contributed by atoms with Gasteiger partial charge in [-0.25, -0.2) is 4.79 Å². The molecule has 1 N–H and O–H groups in total. The summed E-state index contributed by atoms with van der Waals surface area (Å²) < 4.78 is 11.7. The summed E-state index contributed by atoms with van der Waals surface area (Å²) in [6, 6.07) is 11.3. The second-order valence-electron chi connectivity index (χ2n) is 6.16. The van der Waals surface area contributed by atoms with Gasteiger partial charge in [0.15, 0.2) is 5.43 Å². The SMILES string of the molecule is Cc1ccc(-c2cc(=O)c3cc(C(=O)O)ccc3o2)c(OC(C)C)c1. The van der Waals surface area contributed by atoms with E-state index in [9.17, 15) is 9.59 Å². The molecule has 5 heteroatoms.